The van der Waals surface area contributed by atoms with Gasteiger partial charge in [-0.1, -0.05) is 0 Å². The minimum absolute atomic E-state index is 0.0172. The summed E-state index contributed by atoms with van der Waals surface area (Å²) in [6, 6.07) is 2.13. The predicted octanol–water partition coefficient (Wildman–Crippen LogP) is 1.74. The van der Waals surface area contributed by atoms with E-state index >= 15 is 0 Å². The molecule has 6 heteroatoms. The van der Waals surface area contributed by atoms with Gasteiger partial charge in [-0.3, -0.25) is 0 Å². The van der Waals surface area contributed by atoms with Gasteiger partial charge in [-0.25, -0.2) is 4.79 Å². The van der Waals surface area contributed by atoms with Gasteiger partial charge >= 0.3 is 6.09 Å². The molecule has 21 heavy (non-hydrogen) atoms. The van der Waals surface area contributed by atoms with Crippen molar-refractivity contribution in [1.29, 1.82) is 0 Å². The Hall–Kier alpha value is -1.53. The van der Waals surface area contributed by atoms with E-state index in [-0.39, 0.29) is 18.2 Å². The number of amides is 1. The molecule has 0 saturated carbocycles. The summed E-state index contributed by atoms with van der Waals surface area (Å²) in [4.78, 5) is 16.8. The predicted molar refractivity (Wildman–Crippen MR) is 80.0 cm³/mol. The second-order valence-electron chi connectivity index (χ2n) is 6.37. The van der Waals surface area contributed by atoms with Crippen LogP contribution in [0.25, 0.3) is 0 Å². The molecule has 0 unspecified atom stereocenters. The summed E-state index contributed by atoms with van der Waals surface area (Å²) in [6.45, 7) is 7.51. The topological polar surface area (TPSA) is 66.6 Å². The van der Waals surface area contributed by atoms with Crippen molar-refractivity contribution in [3.05, 3.63) is 24.0 Å². The Bertz CT molecular complexity index is 453. The molecule has 0 aliphatic carbocycles. The van der Waals surface area contributed by atoms with E-state index in [0.29, 0.717) is 13.1 Å². The number of carbonyl (C=O) groups excluding carboxylic acids is 1. The number of methoxy groups -OCH3 is 1. The maximum absolute atomic E-state index is 12.1. The lowest BCUT2D eigenvalue weighted by molar-refractivity contribution is 0.0252. The molecule has 1 aromatic rings. The Morgan fingerprint density at radius 3 is 2.81 bits per heavy atom. The minimum Gasteiger partial charge on any atom is -0.444 e. The Morgan fingerprint density at radius 1 is 1.48 bits per heavy atom. The van der Waals surface area contributed by atoms with Gasteiger partial charge < -0.3 is 24.7 Å². The van der Waals surface area contributed by atoms with Crippen molar-refractivity contribution in [2.24, 2.45) is 0 Å². The number of rotatable bonds is 4. The molecule has 2 atom stereocenters. The third kappa shape index (κ3) is 4.47. The molecule has 1 aromatic heterocycles. The minimum atomic E-state index is -0.476. The zero-order valence-corrected chi connectivity index (χ0v) is 13.2. The lowest BCUT2D eigenvalue weighted by Crippen LogP contribution is -2.40. The summed E-state index contributed by atoms with van der Waals surface area (Å²) in [5.41, 5.74) is 0.705. The van der Waals surface area contributed by atoms with E-state index in [2.05, 4.69) is 10.3 Å². The van der Waals surface area contributed by atoms with E-state index in [9.17, 15) is 4.79 Å². The first-order valence-electron chi connectivity index (χ1n) is 7.25. The first-order valence-corrected chi connectivity index (χ1v) is 7.25. The highest BCUT2D eigenvalue weighted by atomic mass is 16.6. The van der Waals surface area contributed by atoms with Crippen LogP contribution in [-0.4, -0.2) is 53.9 Å². The van der Waals surface area contributed by atoms with Crippen LogP contribution < -0.4 is 5.32 Å². The van der Waals surface area contributed by atoms with Gasteiger partial charge in [0.1, 0.15) is 5.60 Å². The third-order valence-electron chi connectivity index (χ3n) is 3.45. The molecule has 1 aliphatic heterocycles. The number of nitrogens with one attached hydrogen (secondary N) is 2. The van der Waals surface area contributed by atoms with E-state index in [1.165, 1.54) is 5.56 Å². The average molecular weight is 295 g/mol. The van der Waals surface area contributed by atoms with Crippen LogP contribution in [0, 0.1) is 0 Å². The highest BCUT2D eigenvalue weighted by Gasteiger charge is 2.37. The molecule has 1 aliphatic rings. The Kier molecular flexibility index (Phi) is 4.90. The lowest BCUT2D eigenvalue weighted by atomic mass is 10.2. The smallest absolute Gasteiger partial charge is 0.410 e. The molecular formula is C15H25N3O3. The van der Waals surface area contributed by atoms with Crippen molar-refractivity contribution in [2.75, 3.05) is 20.2 Å². The summed E-state index contributed by atoms with van der Waals surface area (Å²) in [5, 5.41) is 3.44. The average Bonchev–Trinajstić information content (AvgIpc) is 3.03. The number of hydrogen-bond donors (Lipinski definition) is 2. The number of ether oxygens (including phenoxy) is 2. The SMILES string of the molecule is CO[C@H]1CN(C(=O)OC(C)(C)C)C[C@H]1NCc1cc[nH]c1. The van der Waals surface area contributed by atoms with E-state index in [4.69, 9.17) is 9.47 Å². The molecule has 6 nitrogen and oxygen atoms in total. The van der Waals surface area contributed by atoms with E-state index in [0.717, 1.165) is 6.54 Å². The van der Waals surface area contributed by atoms with Gasteiger partial charge in [-0.05, 0) is 32.4 Å². The highest BCUT2D eigenvalue weighted by molar-refractivity contribution is 5.68. The zero-order valence-electron chi connectivity index (χ0n) is 13.2. The standard InChI is InChI=1S/C15H25N3O3/c1-15(2,3)21-14(19)18-9-12(13(10-18)20-4)17-8-11-5-6-16-7-11/h5-7,12-13,16-17H,8-10H2,1-4H3/t12-,13+/m1/s1. The van der Waals surface area contributed by atoms with E-state index in [1.54, 1.807) is 12.0 Å². The molecule has 2 heterocycles. The number of likely N-dealkylation sites (tertiary alicyclic amines) is 1. The molecule has 0 aromatic carbocycles. The van der Waals surface area contributed by atoms with Crippen molar-refractivity contribution >= 4 is 6.09 Å². The molecule has 0 radical (unpaired) electrons. The van der Waals surface area contributed by atoms with Crippen LogP contribution in [0.1, 0.15) is 26.3 Å². The van der Waals surface area contributed by atoms with Gasteiger partial charge in [-0.2, -0.15) is 0 Å². The van der Waals surface area contributed by atoms with Gasteiger partial charge in [0.05, 0.1) is 18.7 Å². The summed E-state index contributed by atoms with van der Waals surface area (Å²) in [5.74, 6) is 0. The fraction of sp³-hybridized carbons (Fsp3) is 0.667. The van der Waals surface area contributed by atoms with E-state index in [1.807, 2.05) is 39.2 Å². The van der Waals surface area contributed by atoms with Crippen molar-refractivity contribution in [3.63, 3.8) is 0 Å². The van der Waals surface area contributed by atoms with Crippen molar-refractivity contribution < 1.29 is 14.3 Å². The van der Waals surface area contributed by atoms with E-state index < -0.39 is 5.60 Å². The van der Waals surface area contributed by atoms with Crippen LogP contribution >= 0.6 is 0 Å². The lowest BCUT2D eigenvalue weighted by Gasteiger charge is -2.24. The molecule has 2 rings (SSSR count). The van der Waals surface area contributed by atoms with Crippen molar-refractivity contribution in [1.82, 2.24) is 15.2 Å². The largest absolute Gasteiger partial charge is 0.444 e. The van der Waals surface area contributed by atoms with Crippen LogP contribution in [0.5, 0.6) is 0 Å². The van der Waals surface area contributed by atoms with Crippen LogP contribution in [0.3, 0.4) is 0 Å². The third-order valence-corrected chi connectivity index (χ3v) is 3.45. The fourth-order valence-corrected chi connectivity index (χ4v) is 2.40. The number of aromatic nitrogens is 1. The highest BCUT2D eigenvalue weighted by Crippen LogP contribution is 2.18. The summed E-state index contributed by atoms with van der Waals surface area (Å²) in [7, 11) is 1.67. The summed E-state index contributed by atoms with van der Waals surface area (Å²) < 4.78 is 10.9. The van der Waals surface area contributed by atoms with Crippen LogP contribution in [0.15, 0.2) is 18.5 Å². The van der Waals surface area contributed by atoms with Crippen LogP contribution in [0.2, 0.25) is 0 Å². The van der Waals surface area contributed by atoms with Gasteiger partial charge in [0, 0.05) is 32.6 Å². The zero-order chi connectivity index (χ0) is 15.5. The van der Waals surface area contributed by atoms with Gasteiger partial charge in [0.15, 0.2) is 0 Å². The maximum Gasteiger partial charge on any atom is 0.410 e. The number of H-pyrrole nitrogens is 1. The molecule has 0 spiro atoms. The molecule has 0 bridgehead atoms. The van der Waals surface area contributed by atoms with Crippen molar-refractivity contribution in [3.8, 4) is 0 Å². The number of hydrogen-bond acceptors (Lipinski definition) is 4. The quantitative estimate of drug-likeness (QED) is 0.888. The number of aromatic amines is 1. The number of nitrogens with zero attached hydrogens (tertiary/aromatic N) is 1. The fourth-order valence-electron chi connectivity index (χ4n) is 2.40. The molecular weight excluding hydrogens is 270 g/mol. The maximum atomic E-state index is 12.1. The summed E-state index contributed by atoms with van der Waals surface area (Å²) in [6.07, 6.45) is 3.55. The first-order chi connectivity index (χ1) is 9.89. The molecule has 2 N–H and O–H groups in total. The Morgan fingerprint density at radius 2 is 2.24 bits per heavy atom. The van der Waals surface area contributed by atoms with Crippen molar-refractivity contribution in [2.45, 2.75) is 45.1 Å². The van der Waals surface area contributed by atoms with Crippen LogP contribution in [-0.2, 0) is 16.0 Å². The molecule has 1 saturated heterocycles. The van der Waals surface area contributed by atoms with Gasteiger partial charge in [0.25, 0.3) is 0 Å². The molecule has 1 amide bonds. The molecule has 118 valence electrons. The van der Waals surface area contributed by atoms with Gasteiger partial charge in [-0.15, -0.1) is 0 Å². The Balaban J connectivity index is 1.89. The normalized spacial score (nSPS) is 22.6. The molecule has 1 fully saturated rings. The monoisotopic (exact) mass is 295 g/mol. The Labute approximate surface area is 125 Å². The second kappa shape index (κ2) is 6.49. The second-order valence-corrected chi connectivity index (χ2v) is 6.37. The summed E-state index contributed by atoms with van der Waals surface area (Å²) >= 11 is 0. The van der Waals surface area contributed by atoms with Crippen LogP contribution in [0.4, 0.5) is 4.79 Å². The number of carbonyl (C=O) groups is 1. The van der Waals surface area contributed by atoms with Gasteiger partial charge in [0.2, 0.25) is 0 Å². The first kappa shape index (κ1) is 15.9.